The van der Waals surface area contributed by atoms with E-state index in [4.69, 9.17) is 0 Å². The van der Waals surface area contributed by atoms with E-state index in [1.807, 2.05) is 24.6 Å². The Kier molecular flexibility index (Phi) is 5.75. The van der Waals surface area contributed by atoms with E-state index in [2.05, 4.69) is 29.6 Å². The molecule has 0 unspecified atom stereocenters. The predicted octanol–water partition coefficient (Wildman–Crippen LogP) is 4.71. The van der Waals surface area contributed by atoms with E-state index in [0.717, 1.165) is 21.3 Å². The zero-order valence-corrected chi connectivity index (χ0v) is 19.8. The third-order valence-corrected chi connectivity index (χ3v) is 7.87. The number of hydrogen-bond acceptors (Lipinski definition) is 4. The zero-order chi connectivity index (χ0) is 23.0. The number of anilines is 1. The van der Waals surface area contributed by atoms with E-state index < -0.39 is 15.9 Å². The van der Waals surface area contributed by atoms with Crippen LogP contribution in [0.4, 0.5) is 5.69 Å². The molecule has 0 bridgehead atoms. The van der Waals surface area contributed by atoms with Crippen molar-refractivity contribution in [3.05, 3.63) is 87.7 Å². The average Bonchev–Trinajstić information content (AvgIpc) is 3.07. The van der Waals surface area contributed by atoms with E-state index in [0.29, 0.717) is 16.1 Å². The molecular formula is C24H23N3O3S2. The molecule has 0 atom stereocenters. The first-order valence-corrected chi connectivity index (χ1v) is 12.3. The number of benzene rings is 3. The number of nitrogens with one attached hydrogen (secondary N) is 1. The Bertz CT molecular complexity index is 1510. The fourth-order valence-corrected chi connectivity index (χ4v) is 5.56. The number of nitrogens with zero attached hydrogens (tertiary/aromatic N) is 2. The zero-order valence-electron chi connectivity index (χ0n) is 18.2. The van der Waals surface area contributed by atoms with Crippen molar-refractivity contribution in [1.82, 2.24) is 4.57 Å². The van der Waals surface area contributed by atoms with Crippen molar-refractivity contribution in [3.63, 3.8) is 0 Å². The molecule has 8 heteroatoms. The summed E-state index contributed by atoms with van der Waals surface area (Å²) in [6.07, 6.45) is 0. The number of thiazole rings is 1. The van der Waals surface area contributed by atoms with Crippen molar-refractivity contribution in [2.45, 2.75) is 25.7 Å². The second-order valence-corrected chi connectivity index (χ2v) is 10.4. The summed E-state index contributed by atoms with van der Waals surface area (Å²) in [4.78, 5) is 17.9. The Morgan fingerprint density at radius 1 is 1.00 bits per heavy atom. The summed E-state index contributed by atoms with van der Waals surface area (Å²) in [5.74, 6) is -0.432. The van der Waals surface area contributed by atoms with Gasteiger partial charge in [0.1, 0.15) is 0 Å². The van der Waals surface area contributed by atoms with Crippen LogP contribution >= 0.6 is 11.3 Å². The highest BCUT2D eigenvalue weighted by atomic mass is 32.2. The topological polar surface area (TPSA) is 80.5 Å². The monoisotopic (exact) mass is 465 g/mol. The van der Waals surface area contributed by atoms with Crippen LogP contribution in [0.3, 0.4) is 0 Å². The number of carbonyl (C=O) groups excluding carboxylic acids is 1. The van der Waals surface area contributed by atoms with Crippen LogP contribution in [0.15, 0.2) is 70.6 Å². The number of aromatic nitrogens is 1. The minimum atomic E-state index is -3.76. The second kappa shape index (κ2) is 8.37. The third-order valence-electron chi connectivity index (χ3n) is 5.38. The van der Waals surface area contributed by atoms with Gasteiger partial charge in [-0.3, -0.25) is 9.52 Å². The fraction of sp³-hybridized carbons (Fsp3) is 0.167. The molecule has 0 aliphatic rings. The molecule has 0 saturated carbocycles. The first-order valence-electron chi connectivity index (χ1n) is 10.00. The van der Waals surface area contributed by atoms with Crippen LogP contribution < -0.4 is 9.52 Å². The predicted molar refractivity (Wildman–Crippen MR) is 129 cm³/mol. The van der Waals surface area contributed by atoms with Crippen LogP contribution in [0.5, 0.6) is 0 Å². The van der Waals surface area contributed by atoms with Gasteiger partial charge in [0, 0.05) is 18.3 Å². The lowest BCUT2D eigenvalue weighted by Gasteiger charge is -2.09. The van der Waals surface area contributed by atoms with Gasteiger partial charge in [0.15, 0.2) is 4.80 Å². The Labute approximate surface area is 190 Å². The SMILES string of the molecule is Cc1ccc(S(=O)(=O)Nc2cccc(C(=O)N=c3sc4ccc(C)c(C)c4n3C)c2)cc1. The molecule has 4 rings (SSSR count). The molecule has 6 nitrogen and oxygen atoms in total. The molecule has 0 aliphatic heterocycles. The summed E-state index contributed by atoms with van der Waals surface area (Å²) in [5.41, 5.74) is 4.97. The minimum Gasteiger partial charge on any atom is -0.319 e. The summed E-state index contributed by atoms with van der Waals surface area (Å²) in [6, 6.07) is 17.0. The summed E-state index contributed by atoms with van der Waals surface area (Å²) in [5, 5.41) is 0. The van der Waals surface area contributed by atoms with Gasteiger partial charge in [-0.25, -0.2) is 8.42 Å². The molecule has 1 N–H and O–H groups in total. The minimum absolute atomic E-state index is 0.160. The molecule has 3 aromatic carbocycles. The van der Waals surface area contributed by atoms with Gasteiger partial charge in [0.05, 0.1) is 15.1 Å². The van der Waals surface area contributed by atoms with E-state index in [1.165, 1.54) is 23.0 Å². The van der Waals surface area contributed by atoms with Crippen LogP contribution in [-0.2, 0) is 17.1 Å². The van der Waals surface area contributed by atoms with Gasteiger partial charge >= 0.3 is 0 Å². The van der Waals surface area contributed by atoms with E-state index in [-0.39, 0.29) is 4.90 Å². The number of amides is 1. The first kappa shape index (κ1) is 22.0. The van der Waals surface area contributed by atoms with Crippen LogP contribution in [0.2, 0.25) is 0 Å². The maximum absolute atomic E-state index is 12.9. The van der Waals surface area contributed by atoms with Crippen LogP contribution in [-0.4, -0.2) is 18.9 Å². The molecule has 32 heavy (non-hydrogen) atoms. The Balaban J connectivity index is 1.66. The van der Waals surface area contributed by atoms with E-state index in [1.54, 1.807) is 42.5 Å². The molecule has 0 radical (unpaired) electrons. The molecule has 4 aromatic rings. The lowest BCUT2D eigenvalue weighted by molar-refractivity contribution is 0.0998. The number of aryl methyl sites for hydroxylation is 4. The number of sulfonamides is 1. The highest BCUT2D eigenvalue weighted by Crippen LogP contribution is 2.23. The lowest BCUT2D eigenvalue weighted by Crippen LogP contribution is -2.15. The van der Waals surface area contributed by atoms with E-state index in [9.17, 15) is 13.2 Å². The van der Waals surface area contributed by atoms with Gasteiger partial charge in [0.2, 0.25) is 0 Å². The van der Waals surface area contributed by atoms with Crippen molar-refractivity contribution < 1.29 is 13.2 Å². The van der Waals surface area contributed by atoms with Crippen molar-refractivity contribution >= 4 is 43.2 Å². The quantitative estimate of drug-likeness (QED) is 0.474. The normalized spacial score (nSPS) is 12.3. The Hall–Kier alpha value is -3.23. The second-order valence-electron chi connectivity index (χ2n) is 7.71. The average molecular weight is 466 g/mol. The Morgan fingerprint density at radius 3 is 2.44 bits per heavy atom. The number of rotatable bonds is 4. The fourth-order valence-electron chi connectivity index (χ4n) is 3.43. The summed E-state index contributed by atoms with van der Waals surface area (Å²) < 4.78 is 30.8. The van der Waals surface area contributed by atoms with Gasteiger partial charge in [-0.2, -0.15) is 4.99 Å². The van der Waals surface area contributed by atoms with Crippen LogP contribution in [0.25, 0.3) is 10.2 Å². The number of carbonyl (C=O) groups is 1. The highest BCUT2D eigenvalue weighted by Gasteiger charge is 2.15. The maximum atomic E-state index is 12.9. The summed E-state index contributed by atoms with van der Waals surface area (Å²) in [6.45, 7) is 6.00. The first-order chi connectivity index (χ1) is 15.2. The van der Waals surface area contributed by atoms with Crippen molar-refractivity contribution in [2.24, 2.45) is 12.0 Å². The van der Waals surface area contributed by atoms with Gasteiger partial charge in [-0.05, 0) is 68.3 Å². The molecule has 1 heterocycles. The third kappa shape index (κ3) is 4.24. The van der Waals surface area contributed by atoms with Gasteiger partial charge in [0.25, 0.3) is 15.9 Å². The molecule has 1 aromatic heterocycles. The molecule has 0 saturated heterocycles. The summed E-state index contributed by atoms with van der Waals surface area (Å²) in [7, 11) is -1.87. The molecule has 164 valence electrons. The smallest absolute Gasteiger partial charge is 0.279 e. The lowest BCUT2D eigenvalue weighted by atomic mass is 10.1. The summed E-state index contributed by atoms with van der Waals surface area (Å²) >= 11 is 1.45. The molecular weight excluding hydrogens is 442 g/mol. The van der Waals surface area contributed by atoms with Crippen LogP contribution in [0.1, 0.15) is 27.0 Å². The molecule has 0 spiro atoms. The van der Waals surface area contributed by atoms with Gasteiger partial charge in [-0.1, -0.05) is 41.2 Å². The standard InChI is InChI=1S/C24H23N3O3S2/c1-15-8-11-20(12-9-15)32(29,30)26-19-7-5-6-18(14-19)23(28)25-24-27(4)22-17(3)16(2)10-13-21(22)31-24/h5-14,26H,1-4H3. The van der Waals surface area contributed by atoms with Crippen molar-refractivity contribution in [3.8, 4) is 0 Å². The number of fused-ring (bicyclic) bond motifs is 1. The van der Waals surface area contributed by atoms with Crippen molar-refractivity contribution in [2.75, 3.05) is 4.72 Å². The largest absolute Gasteiger partial charge is 0.319 e. The van der Waals surface area contributed by atoms with Gasteiger partial charge < -0.3 is 4.57 Å². The Morgan fingerprint density at radius 2 is 1.72 bits per heavy atom. The number of hydrogen-bond donors (Lipinski definition) is 1. The van der Waals surface area contributed by atoms with Crippen molar-refractivity contribution in [1.29, 1.82) is 0 Å². The van der Waals surface area contributed by atoms with Gasteiger partial charge in [-0.15, -0.1) is 0 Å². The maximum Gasteiger partial charge on any atom is 0.279 e. The molecule has 1 amide bonds. The highest BCUT2D eigenvalue weighted by molar-refractivity contribution is 7.92. The molecule has 0 aliphatic carbocycles. The molecule has 0 fully saturated rings. The van der Waals surface area contributed by atoms with E-state index >= 15 is 0 Å². The van der Waals surface area contributed by atoms with Crippen LogP contribution in [0, 0.1) is 20.8 Å².